The maximum absolute atomic E-state index is 12.9. The second-order valence-corrected chi connectivity index (χ2v) is 4.68. The van der Waals surface area contributed by atoms with Crippen LogP contribution in [0.4, 0.5) is 10.1 Å². The molecule has 0 atom stereocenters. The summed E-state index contributed by atoms with van der Waals surface area (Å²) in [6, 6.07) is 5.88. The smallest absolute Gasteiger partial charge is 0.271 e. The average Bonchev–Trinajstić information content (AvgIpc) is 2.90. The summed E-state index contributed by atoms with van der Waals surface area (Å²) >= 11 is 1.10. The van der Waals surface area contributed by atoms with Crippen LogP contribution in [0.5, 0.6) is 0 Å². The number of amides is 1. The molecule has 0 saturated heterocycles. The summed E-state index contributed by atoms with van der Waals surface area (Å²) in [6.45, 7) is 4.31. The van der Waals surface area contributed by atoms with Gasteiger partial charge in [0.15, 0.2) is 0 Å². The van der Waals surface area contributed by atoms with E-state index in [1.165, 1.54) is 12.1 Å². The summed E-state index contributed by atoms with van der Waals surface area (Å²) in [6.07, 6.45) is 0.665. The molecule has 2 aromatic rings. The van der Waals surface area contributed by atoms with Gasteiger partial charge in [0.25, 0.3) is 5.91 Å². The minimum Gasteiger partial charge on any atom is -0.308 e. The van der Waals surface area contributed by atoms with Crippen molar-refractivity contribution in [3.8, 4) is 0 Å². The predicted molar refractivity (Wildman–Crippen MR) is 73.0 cm³/mol. The van der Waals surface area contributed by atoms with Gasteiger partial charge in [0.2, 0.25) is 0 Å². The Morgan fingerprint density at radius 2 is 2.00 bits per heavy atom. The van der Waals surface area contributed by atoms with E-state index in [9.17, 15) is 9.18 Å². The standard InChI is InChI=1S/C13H14FN3OS/c1-3-11-12(19-16-15-11)13(18)17(4-2)10-7-5-9(14)6-8-10/h5-8H,3-4H2,1-2H3. The fourth-order valence-electron chi connectivity index (χ4n) is 1.79. The van der Waals surface area contributed by atoms with Gasteiger partial charge in [-0.1, -0.05) is 11.4 Å². The van der Waals surface area contributed by atoms with Crippen LogP contribution in [0.2, 0.25) is 0 Å². The Hall–Kier alpha value is -1.82. The van der Waals surface area contributed by atoms with Gasteiger partial charge in [-0.15, -0.1) is 5.10 Å². The SMILES string of the molecule is CCc1nnsc1C(=O)N(CC)c1ccc(F)cc1. The number of carbonyl (C=O) groups excluding carboxylic acids is 1. The van der Waals surface area contributed by atoms with Crippen molar-refractivity contribution in [3.05, 3.63) is 40.7 Å². The minimum absolute atomic E-state index is 0.138. The Bertz CT molecular complexity index is 568. The number of aryl methyl sites for hydroxylation is 1. The molecule has 0 unspecified atom stereocenters. The van der Waals surface area contributed by atoms with E-state index in [0.29, 0.717) is 29.2 Å². The first-order valence-corrected chi connectivity index (χ1v) is 6.83. The lowest BCUT2D eigenvalue weighted by Gasteiger charge is -2.20. The molecule has 0 aliphatic heterocycles. The molecule has 0 saturated carbocycles. The van der Waals surface area contributed by atoms with E-state index < -0.39 is 0 Å². The number of benzene rings is 1. The van der Waals surface area contributed by atoms with Crippen molar-refractivity contribution < 1.29 is 9.18 Å². The average molecular weight is 279 g/mol. The van der Waals surface area contributed by atoms with Crippen molar-refractivity contribution in [2.45, 2.75) is 20.3 Å². The number of carbonyl (C=O) groups is 1. The van der Waals surface area contributed by atoms with Gasteiger partial charge in [-0.25, -0.2) is 4.39 Å². The van der Waals surface area contributed by atoms with Gasteiger partial charge in [0.1, 0.15) is 10.7 Å². The molecule has 0 spiro atoms. The van der Waals surface area contributed by atoms with Crippen molar-refractivity contribution in [1.29, 1.82) is 0 Å². The zero-order valence-electron chi connectivity index (χ0n) is 10.8. The van der Waals surface area contributed by atoms with E-state index in [1.54, 1.807) is 17.0 Å². The largest absolute Gasteiger partial charge is 0.308 e. The van der Waals surface area contributed by atoms with Gasteiger partial charge in [-0.05, 0) is 49.1 Å². The first kappa shape index (κ1) is 13.6. The molecule has 0 radical (unpaired) electrons. The third-order valence-electron chi connectivity index (χ3n) is 2.78. The molecule has 1 amide bonds. The Labute approximate surface area is 115 Å². The van der Waals surface area contributed by atoms with E-state index in [0.717, 1.165) is 11.5 Å². The first-order valence-electron chi connectivity index (χ1n) is 6.06. The van der Waals surface area contributed by atoms with Crippen molar-refractivity contribution in [1.82, 2.24) is 9.59 Å². The highest BCUT2D eigenvalue weighted by atomic mass is 32.1. The summed E-state index contributed by atoms with van der Waals surface area (Å²) in [5, 5.41) is 3.94. The van der Waals surface area contributed by atoms with Gasteiger partial charge >= 0.3 is 0 Å². The number of rotatable bonds is 4. The van der Waals surface area contributed by atoms with Gasteiger partial charge in [-0.3, -0.25) is 4.79 Å². The van der Waals surface area contributed by atoms with E-state index in [1.807, 2.05) is 13.8 Å². The lowest BCUT2D eigenvalue weighted by Crippen LogP contribution is -2.30. The number of hydrogen-bond donors (Lipinski definition) is 0. The van der Waals surface area contributed by atoms with Crippen LogP contribution in [0, 0.1) is 5.82 Å². The van der Waals surface area contributed by atoms with Crippen molar-refractivity contribution in [3.63, 3.8) is 0 Å². The summed E-state index contributed by atoms with van der Waals surface area (Å²) in [4.78, 5) is 14.6. The number of hydrogen-bond acceptors (Lipinski definition) is 4. The van der Waals surface area contributed by atoms with Crippen molar-refractivity contribution in [2.24, 2.45) is 0 Å². The molecule has 0 fully saturated rings. The van der Waals surface area contributed by atoms with Gasteiger partial charge in [0, 0.05) is 12.2 Å². The quantitative estimate of drug-likeness (QED) is 0.864. The molecule has 1 heterocycles. The Kier molecular flexibility index (Phi) is 4.21. The molecule has 0 aliphatic rings. The highest BCUT2D eigenvalue weighted by molar-refractivity contribution is 7.08. The monoisotopic (exact) mass is 279 g/mol. The Morgan fingerprint density at radius 3 is 2.58 bits per heavy atom. The Balaban J connectivity index is 2.32. The van der Waals surface area contributed by atoms with E-state index >= 15 is 0 Å². The first-order chi connectivity index (χ1) is 9.17. The Morgan fingerprint density at radius 1 is 1.32 bits per heavy atom. The molecule has 2 rings (SSSR count). The highest BCUT2D eigenvalue weighted by Gasteiger charge is 2.21. The molecular weight excluding hydrogens is 265 g/mol. The molecule has 6 heteroatoms. The molecule has 0 bridgehead atoms. The zero-order valence-corrected chi connectivity index (χ0v) is 11.6. The molecule has 1 aromatic heterocycles. The normalized spacial score (nSPS) is 10.5. The molecular formula is C13H14FN3OS. The van der Waals surface area contributed by atoms with E-state index in [4.69, 9.17) is 0 Å². The minimum atomic E-state index is -0.319. The molecule has 19 heavy (non-hydrogen) atoms. The van der Waals surface area contributed by atoms with Crippen LogP contribution in [0.3, 0.4) is 0 Å². The summed E-state index contributed by atoms with van der Waals surface area (Å²) < 4.78 is 16.7. The van der Waals surface area contributed by atoms with Crippen LogP contribution in [0.25, 0.3) is 0 Å². The lowest BCUT2D eigenvalue weighted by molar-refractivity contribution is 0.0991. The van der Waals surface area contributed by atoms with Crippen LogP contribution in [-0.2, 0) is 6.42 Å². The second kappa shape index (κ2) is 5.88. The lowest BCUT2D eigenvalue weighted by atomic mass is 10.2. The van der Waals surface area contributed by atoms with Crippen molar-refractivity contribution >= 4 is 23.1 Å². The molecule has 4 nitrogen and oxygen atoms in total. The zero-order chi connectivity index (χ0) is 13.8. The van der Waals surface area contributed by atoms with Crippen LogP contribution in [-0.4, -0.2) is 22.0 Å². The van der Waals surface area contributed by atoms with Crippen molar-refractivity contribution in [2.75, 3.05) is 11.4 Å². The number of anilines is 1. The topological polar surface area (TPSA) is 46.1 Å². The highest BCUT2D eigenvalue weighted by Crippen LogP contribution is 2.20. The third kappa shape index (κ3) is 2.78. The molecule has 1 aromatic carbocycles. The van der Waals surface area contributed by atoms with Crippen LogP contribution >= 0.6 is 11.5 Å². The number of halogens is 1. The maximum atomic E-state index is 12.9. The third-order valence-corrected chi connectivity index (χ3v) is 3.54. The molecule has 0 N–H and O–H groups in total. The van der Waals surface area contributed by atoms with Crippen LogP contribution in [0.1, 0.15) is 29.2 Å². The fourth-order valence-corrected chi connectivity index (χ4v) is 2.49. The second-order valence-electron chi connectivity index (χ2n) is 3.93. The van der Waals surface area contributed by atoms with Crippen LogP contribution < -0.4 is 4.90 Å². The number of aromatic nitrogens is 2. The summed E-state index contributed by atoms with van der Waals surface area (Å²) in [5.74, 6) is -0.457. The molecule has 100 valence electrons. The predicted octanol–water partition coefficient (Wildman–Crippen LogP) is 2.91. The molecule has 0 aliphatic carbocycles. The summed E-state index contributed by atoms with van der Waals surface area (Å²) in [5.41, 5.74) is 1.37. The fraction of sp³-hybridized carbons (Fsp3) is 0.308. The summed E-state index contributed by atoms with van der Waals surface area (Å²) in [7, 11) is 0. The van der Waals surface area contributed by atoms with Gasteiger partial charge < -0.3 is 4.90 Å². The van der Waals surface area contributed by atoms with E-state index in [-0.39, 0.29) is 11.7 Å². The number of nitrogens with zero attached hydrogens (tertiary/aromatic N) is 3. The van der Waals surface area contributed by atoms with Gasteiger partial charge in [-0.2, -0.15) is 0 Å². The van der Waals surface area contributed by atoms with Crippen LogP contribution in [0.15, 0.2) is 24.3 Å². The maximum Gasteiger partial charge on any atom is 0.271 e. The van der Waals surface area contributed by atoms with Gasteiger partial charge in [0.05, 0.1) is 5.69 Å². The van der Waals surface area contributed by atoms with E-state index in [2.05, 4.69) is 9.59 Å².